The summed E-state index contributed by atoms with van der Waals surface area (Å²) in [6.45, 7) is 11.8. The van der Waals surface area contributed by atoms with Gasteiger partial charge < -0.3 is 9.73 Å². The van der Waals surface area contributed by atoms with Crippen LogP contribution < -0.4 is 5.32 Å². The molecule has 0 saturated heterocycles. The molecule has 1 unspecified atom stereocenters. The van der Waals surface area contributed by atoms with Crippen LogP contribution in [0.25, 0.3) is 0 Å². The van der Waals surface area contributed by atoms with Crippen molar-refractivity contribution in [3.63, 3.8) is 0 Å². The van der Waals surface area contributed by atoms with E-state index in [-0.39, 0.29) is 16.8 Å². The molecule has 2 rings (SSSR count). The van der Waals surface area contributed by atoms with Gasteiger partial charge in [-0.1, -0.05) is 26.0 Å². The van der Waals surface area contributed by atoms with Crippen LogP contribution in [0.15, 0.2) is 33.6 Å². The van der Waals surface area contributed by atoms with E-state index in [4.69, 9.17) is 4.42 Å². The van der Waals surface area contributed by atoms with E-state index in [0.717, 1.165) is 16.9 Å². The lowest BCUT2D eigenvalue weighted by atomic mass is 10.1. The molecule has 1 aromatic carbocycles. The Hall–Kier alpha value is -2.12. The minimum absolute atomic E-state index is 0.200. The summed E-state index contributed by atoms with van der Waals surface area (Å²) in [6.07, 6.45) is 0. The lowest BCUT2D eigenvalue weighted by Gasteiger charge is -2.19. The maximum atomic E-state index is 12.6. The van der Waals surface area contributed by atoms with Crippen molar-refractivity contribution in [3.05, 3.63) is 52.5 Å². The number of hydrogen-bond acceptors (Lipinski definition) is 4. The Kier molecular flexibility index (Phi) is 6.49. The molecule has 0 aliphatic heterocycles. The number of benzene rings is 1. The minimum atomic E-state index is -3.48. The Morgan fingerprint density at radius 1 is 1.07 bits per heavy atom. The SMILES string of the molecule is CCN(CC)S(=O)(=O)c1ccc(C(C)NC(=O)c2c(C)oc(C)c2C)cc1. The van der Waals surface area contributed by atoms with Crippen LogP contribution in [-0.2, 0) is 10.0 Å². The van der Waals surface area contributed by atoms with E-state index in [2.05, 4.69) is 5.32 Å². The number of hydrogen-bond donors (Lipinski definition) is 1. The molecule has 7 heteroatoms. The van der Waals surface area contributed by atoms with Gasteiger partial charge >= 0.3 is 0 Å². The van der Waals surface area contributed by atoms with Gasteiger partial charge in [0, 0.05) is 18.7 Å². The van der Waals surface area contributed by atoms with E-state index in [1.165, 1.54) is 4.31 Å². The highest BCUT2D eigenvalue weighted by atomic mass is 32.2. The van der Waals surface area contributed by atoms with Crippen molar-refractivity contribution in [1.29, 1.82) is 0 Å². The van der Waals surface area contributed by atoms with Crippen molar-refractivity contribution in [2.45, 2.75) is 52.5 Å². The van der Waals surface area contributed by atoms with E-state index < -0.39 is 10.0 Å². The molecule has 0 saturated carbocycles. The maximum absolute atomic E-state index is 12.6. The van der Waals surface area contributed by atoms with E-state index >= 15 is 0 Å². The van der Waals surface area contributed by atoms with Gasteiger partial charge in [0.25, 0.3) is 5.91 Å². The second-order valence-corrected chi connectivity index (χ2v) is 8.51. The number of furan rings is 1. The van der Waals surface area contributed by atoms with E-state index in [0.29, 0.717) is 24.4 Å². The van der Waals surface area contributed by atoms with Gasteiger partial charge in [0.2, 0.25) is 10.0 Å². The fourth-order valence-electron chi connectivity index (χ4n) is 3.12. The molecule has 1 amide bonds. The molecule has 0 fully saturated rings. The number of carbonyl (C=O) groups excluding carboxylic acids is 1. The zero-order valence-corrected chi connectivity index (χ0v) is 17.6. The molecule has 1 atom stereocenters. The standard InChI is InChI=1S/C20H28N2O4S/c1-7-22(8-2)27(24,25)18-11-9-17(10-12-18)14(4)21-20(23)19-13(3)15(5)26-16(19)6/h9-12,14H,7-8H2,1-6H3,(H,21,23). The van der Waals surface area contributed by atoms with E-state index in [1.54, 1.807) is 31.2 Å². The third-order valence-corrected chi connectivity index (χ3v) is 6.92. The molecule has 0 aliphatic rings. The van der Waals surface area contributed by atoms with Gasteiger partial charge in [-0.05, 0) is 45.4 Å². The van der Waals surface area contributed by atoms with Crippen LogP contribution in [0.3, 0.4) is 0 Å². The highest BCUT2D eigenvalue weighted by Gasteiger charge is 2.23. The second-order valence-electron chi connectivity index (χ2n) is 6.57. The summed E-state index contributed by atoms with van der Waals surface area (Å²) < 4.78 is 32.1. The molecule has 148 valence electrons. The molecule has 0 aliphatic carbocycles. The predicted molar refractivity (Wildman–Crippen MR) is 105 cm³/mol. The number of nitrogens with zero attached hydrogens (tertiary/aromatic N) is 1. The van der Waals surface area contributed by atoms with Crippen molar-refractivity contribution in [1.82, 2.24) is 9.62 Å². The summed E-state index contributed by atoms with van der Waals surface area (Å²) >= 11 is 0. The summed E-state index contributed by atoms with van der Waals surface area (Å²) in [5.41, 5.74) is 2.22. The Balaban J connectivity index is 2.18. The normalized spacial score (nSPS) is 13.0. The van der Waals surface area contributed by atoms with Gasteiger partial charge in [-0.3, -0.25) is 4.79 Å². The molecule has 0 radical (unpaired) electrons. The Bertz CT molecular complexity index is 910. The van der Waals surface area contributed by atoms with Gasteiger partial charge in [-0.15, -0.1) is 0 Å². The number of rotatable bonds is 7. The number of sulfonamides is 1. The van der Waals surface area contributed by atoms with Crippen molar-refractivity contribution in [3.8, 4) is 0 Å². The van der Waals surface area contributed by atoms with Crippen molar-refractivity contribution in [2.24, 2.45) is 0 Å². The molecule has 1 heterocycles. The number of aryl methyl sites for hydroxylation is 2. The van der Waals surface area contributed by atoms with E-state index in [9.17, 15) is 13.2 Å². The monoisotopic (exact) mass is 392 g/mol. The van der Waals surface area contributed by atoms with Crippen LogP contribution in [0, 0.1) is 20.8 Å². The van der Waals surface area contributed by atoms with Crippen LogP contribution in [-0.4, -0.2) is 31.7 Å². The zero-order chi connectivity index (χ0) is 20.4. The van der Waals surface area contributed by atoms with Gasteiger partial charge in [0.05, 0.1) is 16.5 Å². The summed E-state index contributed by atoms with van der Waals surface area (Å²) in [5, 5.41) is 2.95. The topological polar surface area (TPSA) is 79.6 Å². The van der Waals surface area contributed by atoms with Gasteiger partial charge in [-0.2, -0.15) is 4.31 Å². The van der Waals surface area contributed by atoms with Crippen LogP contribution in [0.1, 0.15) is 59.8 Å². The first kappa shape index (κ1) is 21.2. The fraction of sp³-hybridized carbons (Fsp3) is 0.450. The van der Waals surface area contributed by atoms with E-state index in [1.807, 2.05) is 34.6 Å². The second kappa shape index (κ2) is 8.27. The largest absolute Gasteiger partial charge is 0.466 e. The van der Waals surface area contributed by atoms with Crippen LogP contribution in [0.4, 0.5) is 0 Å². The maximum Gasteiger partial charge on any atom is 0.255 e. The van der Waals surface area contributed by atoms with Crippen molar-refractivity contribution >= 4 is 15.9 Å². The first-order chi connectivity index (χ1) is 12.6. The molecule has 1 N–H and O–H groups in total. The molecular formula is C20H28N2O4S. The van der Waals surface area contributed by atoms with Crippen LogP contribution >= 0.6 is 0 Å². The Morgan fingerprint density at radius 3 is 2.07 bits per heavy atom. The average Bonchev–Trinajstić information content (AvgIpc) is 2.87. The van der Waals surface area contributed by atoms with Gasteiger partial charge in [0.1, 0.15) is 11.5 Å². The van der Waals surface area contributed by atoms with Gasteiger partial charge in [0.15, 0.2) is 0 Å². The summed E-state index contributed by atoms with van der Waals surface area (Å²) in [5.74, 6) is 1.13. The molecule has 1 aromatic heterocycles. The Morgan fingerprint density at radius 2 is 1.63 bits per heavy atom. The van der Waals surface area contributed by atoms with Gasteiger partial charge in [-0.25, -0.2) is 8.42 Å². The Labute approximate surface area is 161 Å². The van der Waals surface area contributed by atoms with Crippen LogP contribution in [0.2, 0.25) is 0 Å². The fourth-order valence-corrected chi connectivity index (χ4v) is 4.58. The summed E-state index contributed by atoms with van der Waals surface area (Å²) in [4.78, 5) is 12.9. The minimum Gasteiger partial charge on any atom is -0.466 e. The lowest BCUT2D eigenvalue weighted by Crippen LogP contribution is -2.30. The first-order valence-electron chi connectivity index (χ1n) is 9.11. The number of carbonyl (C=O) groups is 1. The smallest absolute Gasteiger partial charge is 0.255 e. The van der Waals surface area contributed by atoms with Crippen molar-refractivity contribution in [2.75, 3.05) is 13.1 Å². The summed E-state index contributed by atoms with van der Waals surface area (Å²) in [6, 6.07) is 6.38. The molecule has 27 heavy (non-hydrogen) atoms. The quantitative estimate of drug-likeness (QED) is 0.779. The zero-order valence-electron chi connectivity index (χ0n) is 16.8. The highest BCUT2D eigenvalue weighted by Crippen LogP contribution is 2.23. The third kappa shape index (κ3) is 4.25. The first-order valence-corrected chi connectivity index (χ1v) is 10.5. The van der Waals surface area contributed by atoms with Crippen LogP contribution in [0.5, 0.6) is 0 Å². The number of amides is 1. The average molecular weight is 393 g/mol. The predicted octanol–water partition coefficient (Wildman–Crippen LogP) is 3.73. The number of nitrogens with one attached hydrogen (secondary N) is 1. The molecular weight excluding hydrogens is 364 g/mol. The molecule has 6 nitrogen and oxygen atoms in total. The molecule has 0 spiro atoms. The lowest BCUT2D eigenvalue weighted by molar-refractivity contribution is 0.0938. The highest BCUT2D eigenvalue weighted by molar-refractivity contribution is 7.89. The summed E-state index contributed by atoms with van der Waals surface area (Å²) in [7, 11) is -3.48. The van der Waals surface area contributed by atoms with Crippen molar-refractivity contribution < 1.29 is 17.6 Å². The molecule has 0 bridgehead atoms. The molecule has 2 aromatic rings. The third-order valence-electron chi connectivity index (χ3n) is 4.86.